The fourth-order valence-corrected chi connectivity index (χ4v) is 2.27. The molecule has 0 heterocycles. The number of carbonyl (C=O) groups is 2. The molecule has 1 aromatic rings. The van der Waals surface area contributed by atoms with Crippen LogP contribution in [0.3, 0.4) is 0 Å². The second-order valence-corrected chi connectivity index (χ2v) is 5.11. The topological polar surface area (TPSA) is 86.5 Å². The summed E-state index contributed by atoms with van der Waals surface area (Å²) in [6.45, 7) is 2.55. The van der Waals surface area contributed by atoms with Gasteiger partial charge in [-0.2, -0.15) is 13.2 Å². The van der Waals surface area contributed by atoms with Crippen LogP contribution in [0.15, 0.2) is 24.3 Å². The molecule has 0 saturated heterocycles. The highest BCUT2D eigenvalue weighted by molar-refractivity contribution is 5.80. The van der Waals surface area contributed by atoms with Crippen molar-refractivity contribution in [1.82, 2.24) is 0 Å². The van der Waals surface area contributed by atoms with E-state index in [1.54, 1.807) is 0 Å². The van der Waals surface area contributed by atoms with E-state index in [1.165, 1.54) is 13.8 Å². The van der Waals surface area contributed by atoms with Gasteiger partial charge < -0.3 is 9.53 Å². The fraction of sp³-hybridized carbons (Fsp3) is 0.467. The first-order valence-corrected chi connectivity index (χ1v) is 7.04. The van der Waals surface area contributed by atoms with Crippen LogP contribution < -0.4 is 0 Å². The summed E-state index contributed by atoms with van der Waals surface area (Å²) in [5, 5.41) is 11.3. The van der Waals surface area contributed by atoms with Crippen LogP contribution in [0.2, 0.25) is 0 Å². The summed E-state index contributed by atoms with van der Waals surface area (Å²) in [6.07, 6.45) is -4.92. The smallest absolute Gasteiger partial charge is 0.416 e. The highest BCUT2D eigenvalue weighted by Gasteiger charge is 2.42. The van der Waals surface area contributed by atoms with Crippen LogP contribution in [0.1, 0.15) is 37.3 Å². The molecule has 0 N–H and O–H groups in total. The zero-order valence-electron chi connectivity index (χ0n) is 13.0. The van der Waals surface area contributed by atoms with Crippen molar-refractivity contribution >= 4 is 11.8 Å². The number of carbonyl (C=O) groups excluding carboxylic acids is 2. The Kier molecular flexibility index (Phi) is 6.44. The molecule has 6 nitrogen and oxygen atoms in total. The van der Waals surface area contributed by atoms with Crippen LogP contribution in [-0.2, 0) is 20.5 Å². The lowest BCUT2D eigenvalue weighted by atomic mass is 9.87. The Morgan fingerprint density at radius 1 is 1.25 bits per heavy atom. The van der Waals surface area contributed by atoms with Gasteiger partial charge >= 0.3 is 18.2 Å². The summed E-state index contributed by atoms with van der Waals surface area (Å²) in [5.74, 6) is -2.77. The Morgan fingerprint density at radius 2 is 1.79 bits per heavy atom. The monoisotopic (exact) mass is 347 g/mol. The Hall–Kier alpha value is -2.45. The van der Waals surface area contributed by atoms with Crippen molar-refractivity contribution in [2.24, 2.45) is 0 Å². The van der Waals surface area contributed by atoms with Crippen molar-refractivity contribution in [3.05, 3.63) is 45.5 Å². The zero-order valence-corrected chi connectivity index (χ0v) is 13.0. The van der Waals surface area contributed by atoms with Gasteiger partial charge in [0.25, 0.3) is 0 Å². The van der Waals surface area contributed by atoms with Gasteiger partial charge in [0.15, 0.2) is 0 Å². The molecule has 0 aliphatic carbocycles. The fourth-order valence-electron chi connectivity index (χ4n) is 2.27. The number of ketones is 1. The Labute approximate surface area is 135 Å². The van der Waals surface area contributed by atoms with Gasteiger partial charge in [-0.15, -0.1) is 0 Å². The third kappa shape index (κ3) is 5.04. The van der Waals surface area contributed by atoms with Crippen molar-refractivity contribution < 1.29 is 32.4 Å². The van der Waals surface area contributed by atoms with Gasteiger partial charge in [0.2, 0.25) is 0 Å². The molecule has 0 spiro atoms. The molecule has 132 valence electrons. The average molecular weight is 347 g/mol. The van der Waals surface area contributed by atoms with E-state index >= 15 is 0 Å². The van der Waals surface area contributed by atoms with Crippen molar-refractivity contribution in [2.75, 3.05) is 6.61 Å². The molecule has 0 aromatic heterocycles. The number of ether oxygens (including phenoxy) is 1. The molecule has 1 aromatic carbocycles. The van der Waals surface area contributed by atoms with E-state index in [0.29, 0.717) is 0 Å². The number of nitrogens with zero attached hydrogens (tertiary/aromatic N) is 1. The van der Waals surface area contributed by atoms with Gasteiger partial charge in [-0.1, -0.05) is 12.1 Å². The number of Topliss-reactive ketones (excluding diaryl/α,β-unsaturated/α-hetero) is 1. The minimum Gasteiger partial charge on any atom is -0.461 e. The highest BCUT2D eigenvalue weighted by Crippen LogP contribution is 2.32. The molecule has 9 heteroatoms. The van der Waals surface area contributed by atoms with Crippen molar-refractivity contribution in [3.63, 3.8) is 0 Å². The SMILES string of the molecule is CCOC(=O)C(C(CC(C)=O)c1ccc(C(F)(F)F)cc1)[N+](=O)[O-]. The first-order valence-electron chi connectivity index (χ1n) is 7.04. The number of alkyl halides is 3. The molecule has 0 bridgehead atoms. The van der Waals surface area contributed by atoms with Crippen LogP contribution >= 0.6 is 0 Å². The molecule has 0 aliphatic rings. The Bertz CT molecular complexity index is 613. The van der Waals surface area contributed by atoms with Crippen LogP contribution in [0.25, 0.3) is 0 Å². The number of benzene rings is 1. The van der Waals surface area contributed by atoms with Gasteiger partial charge in [0.05, 0.1) is 18.1 Å². The Morgan fingerprint density at radius 3 is 2.17 bits per heavy atom. The van der Waals surface area contributed by atoms with Crippen molar-refractivity contribution in [2.45, 2.75) is 38.4 Å². The molecule has 1 rings (SSSR count). The predicted octanol–water partition coefficient (Wildman–Crippen LogP) is 2.98. The Balaban J connectivity index is 3.26. The van der Waals surface area contributed by atoms with E-state index in [-0.39, 0.29) is 18.6 Å². The maximum Gasteiger partial charge on any atom is 0.416 e. The van der Waals surface area contributed by atoms with Gasteiger partial charge in [0, 0.05) is 11.3 Å². The lowest BCUT2D eigenvalue weighted by Gasteiger charge is -2.19. The number of hydrogen-bond donors (Lipinski definition) is 0. The molecule has 0 aliphatic heterocycles. The molecular weight excluding hydrogens is 331 g/mol. The van der Waals surface area contributed by atoms with Gasteiger partial charge in [-0.25, -0.2) is 4.79 Å². The van der Waals surface area contributed by atoms with E-state index < -0.39 is 40.4 Å². The number of nitro groups is 1. The lowest BCUT2D eigenvalue weighted by Crippen LogP contribution is -2.38. The molecule has 0 amide bonds. The molecule has 2 atom stereocenters. The molecule has 0 radical (unpaired) electrons. The number of hydrogen-bond acceptors (Lipinski definition) is 5. The summed E-state index contributed by atoms with van der Waals surface area (Å²) in [6, 6.07) is 1.71. The van der Waals surface area contributed by atoms with Crippen molar-refractivity contribution in [3.8, 4) is 0 Å². The first kappa shape index (κ1) is 19.6. The largest absolute Gasteiger partial charge is 0.461 e. The van der Waals surface area contributed by atoms with Crippen LogP contribution in [-0.4, -0.2) is 29.3 Å². The molecular formula is C15H16F3NO5. The zero-order chi connectivity index (χ0) is 18.5. The van der Waals surface area contributed by atoms with Gasteiger partial charge in [0.1, 0.15) is 5.78 Å². The number of halogens is 3. The third-order valence-electron chi connectivity index (χ3n) is 3.31. The number of esters is 1. The van der Waals surface area contributed by atoms with E-state index in [4.69, 9.17) is 0 Å². The third-order valence-corrected chi connectivity index (χ3v) is 3.31. The second kappa shape index (κ2) is 7.89. The minimum atomic E-state index is -4.56. The average Bonchev–Trinajstić information content (AvgIpc) is 2.45. The van der Waals surface area contributed by atoms with Gasteiger partial charge in [-0.05, 0) is 31.5 Å². The van der Waals surface area contributed by atoms with Crippen LogP contribution in [0, 0.1) is 10.1 Å². The molecule has 0 saturated carbocycles. The number of rotatable bonds is 7. The van der Waals surface area contributed by atoms with E-state index in [2.05, 4.69) is 4.74 Å². The van der Waals surface area contributed by atoms with E-state index in [9.17, 15) is 32.9 Å². The van der Waals surface area contributed by atoms with Crippen LogP contribution in [0.5, 0.6) is 0 Å². The summed E-state index contributed by atoms with van der Waals surface area (Å²) in [5.41, 5.74) is -0.838. The maximum absolute atomic E-state index is 12.6. The van der Waals surface area contributed by atoms with Crippen LogP contribution in [0.4, 0.5) is 13.2 Å². The molecule has 24 heavy (non-hydrogen) atoms. The quantitative estimate of drug-likeness (QED) is 0.430. The second-order valence-electron chi connectivity index (χ2n) is 5.11. The summed E-state index contributed by atoms with van der Waals surface area (Å²) in [7, 11) is 0. The van der Waals surface area contributed by atoms with Crippen molar-refractivity contribution in [1.29, 1.82) is 0 Å². The molecule has 0 fully saturated rings. The lowest BCUT2D eigenvalue weighted by molar-refractivity contribution is -0.514. The molecule has 2 unspecified atom stereocenters. The predicted molar refractivity (Wildman–Crippen MR) is 76.9 cm³/mol. The standard InChI is InChI=1S/C15H16F3NO5/c1-3-24-14(21)13(19(22)23)12(8-9(2)20)10-4-6-11(7-5-10)15(16,17)18/h4-7,12-13H,3,8H2,1-2H3. The minimum absolute atomic E-state index is 0.0907. The van der Waals surface area contributed by atoms with E-state index in [1.807, 2.05) is 0 Å². The summed E-state index contributed by atoms with van der Waals surface area (Å²) < 4.78 is 42.5. The highest BCUT2D eigenvalue weighted by atomic mass is 19.4. The van der Waals surface area contributed by atoms with Gasteiger partial charge in [-0.3, -0.25) is 10.1 Å². The van der Waals surface area contributed by atoms with E-state index in [0.717, 1.165) is 24.3 Å². The maximum atomic E-state index is 12.6. The summed E-state index contributed by atoms with van der Waals surface area (Å²) >= 11 is 0. The first-order chi connectivity index (χ1) is 11.1. The summed E-state index contributed by atoms with van der Waals surface area (Å²) in [4.78, 5) is 33.6. The normalized spacial score (nSPS) is 13.9.